The van der Waals surface area contributed by atoms with Gasteiger partial charge in [-0.1, -0.05) is 49.0 Å². The van der Waals surface area contributed by atoms with E-state index < -0.39 is 5.97 Å². The zero-order valence-electron chi connectivity index (χ0n) is 20.5. The second kappa shape index (κ2) is 11.5. The summed E-state index contributed by atoms with van der Waals surface area (Å²) in [6.45, 7) is 3.69. The molecule has 1 aromatic heterocycles. The Kier molecular flexibility index (Phi) is 7.97. The van der Waals surface area contributed by atoms with Crippen LogP contribution in [0.25, 0.3) is 0 Å². The SMILES string of the molecule is C[C@H]1CC[C@H](Oc2ccc(C3CSC(N(Cc4cccc(C(=O)O)c4)Cc4cccs4)=N3)cc2)CC1. The van der Waals surface area contributed by atoms with E-state index in [1.807, 2.05) is 12.1 Å². The van der Waals surface area contributed by atoms with Crippen LogP contribution in [0.5, 0.6) is 5.75 Å². The van der Waals surface area contributed by atoms with Crippen molar-refractivity contribution in [2.75, 3.05) is 5.75 Å². The minimum Gasteiger partial charge on any atom is -0.490 e. The molecule has 0 saturated heterocycles. The Bertz CT molecular complexity index is 1190. The van der Waals surface area contributed by atoms with Gasteiger partial charge in [0.25, 0.3) is 0 Å². The Balaban J connectivity index is 1.29. The van der Waals surface area contributed by atoms with Crippen molar-refractivity contribution in [2.24, 2.45) is 10.9 Å². The molecule has 1 aliphatic heterocycles. The first-order chi connectivity index (χ1) is 17.5. The van der Waals surface area contributed by atoms with Crippen molar-refractivity contribution in [2.45, 2.75) is 57.8 Å². The number of nitrogens with zero attached hydrogens (tertiary/aromatic N) is 2. The number of carboxylic acid groups (broad SMARTS) is 1. The molecule has 0 spiro atoms. The number of aromatic carboxylic acids is 1. The Hall–Kier alpha value is -2.77. The average molecular weight is 521 g/mol. The molecule has 5 nitrogen and oxygen atoms in total. The predicted octanol–water partition coefficient (Wildman–Crippen LogP) is 7.25. The van der Waals surface area contributed by atoms with Crippen LogP contribution in [-0.2, 0) is 13.1 Å². The van der Waals surface area contributed by atoms with E-state index in [1.165, 1.54) is 23.3 Å². The van der Waals surface area contributed by atoms with Crippen molar-refractivity contribution in [1.29, 1.82) is 0 Å². The molecule has 7 heteroatoms. The molecule has 2 aliphatic rings. The van der Waals surface area contributed by atoms with E-state index in [2.05, 4.69) is 53.6 Å². The normalized spacial score (nSPS) is 21.7. The van der Waals surface area contributed by atoms with E-state index in [1.54, 1.807) is 35.2 Å². The minimum atomic E-state index is -0.903. The summed E-state index contributed by atoms with van der Waals surface area (Å²) >= 11 is 3.50. The second-order valence-corrected chi connectivity index (χ2v) is 11.8. The van der Waals surface area contributed by atoms with Crippen molar-refractivity contribution in [3.05, 3.63) is 87.6 Å². The molecule has 0 radical (unpaired) electrons. The second-order valence-electron chi connectivity index (χ2n) is 9.75. The van der Waals surface area contributed by atoms with Gasteiger partial charge >= 0.3 is 5.97 Å². The molecule has 36 heavy (non-hydrogen) atoms. The van der Waals surface area contributed by atoms with Gasteiger partial charge in [-0.3, -0.25) is 4.99 Å². The number of benzene rings is 2. The summed E-state index contributed by atoms with van der Waals surface area (Å²) in [4.78, 5) is 20.1. The standard InChI is InChI=1S/C29H32N2O3S2/c1-20-7-11-24(12-8-20)34-25-13-9-22(10-14-25)27-19-36-29(30-27)31(18-26-6-3-15-35-26)17-21-4-2-5-23(16-21)28(32)33/h2-6,9-10,13-16,20,24,27H,7-8,11-12,17-19H2,1H3,(H,32,33)/t20-,24-,27?. The van der Waals surface area contributed by atoms with Gasteiger partial charge in [0.1, 0.15) is 5.75 Å². The van der Waals surface area contributed by atoms with Gasteiger partial charge in [-0.25, -0.2) is 4.79 Å². The van der Waals surface area contributed by atoms with Crippen molar-refractivity contribution < 1.29 is 14.6 Å². The van der Waals surface area contributed by atoms with Gasteiger partial charge in [0.2, 0.25) is 0 Å². The number of hydrogen-bond acceptors (Lipinski definition) is 6. The number of carboxylic acids is 1. The predicted molar refractivity (Wildman–Crippen MR) is 148 cm³/mol. The van der Waals surface area contributed by atoms with E-state index in [0.29, 0.717) is 18.2 Å². The molecule has 1 saturated carbocycles. The summed E-state index contributed by atoms with van der Waals surface area (Å²) in [5.41, 5.74) is 2.48. The quantitative estimate of drug-likeness (QED) is 0.339. The Morgan fingerprint density at radius 3 is 2.58 bits per heavy atom. The fourth-order valence-electron chi connectivity index (χ4n) is 4.82. The van der Waals surface area contributed by atoms with Gasteiger partial charge in [0.15, 0.2) is 5.17 Å². The lowest BCUT2D eigenvalue weighted by Crippen LogP contribution is -2.26. The summed E-state index contributed by atoms with van der Waals surface area (Å²) in [6.07, 6.45) is 5.13. The van der Waals surface area contributed by atoms with Gasteiger partial charge in [-0.05, 0) is 78.4 Å². The number of ether oxygens (including phenoxy) is 1. The average Bonchev–Trinajstić information content (AvgIpc) is 3.58. The first-order valence-electron chi connectivity index (χ1n) is 12.6. The zero-order chi connectivity index (χ0) is 24.9. The lowest BCUT2D eigenvalue weighted by atomic mass is 9.89. The van der Waals surface area contributed by atoms with Crippen LogP contribution in [0.4, 0.5) is 0 Å². The lowest BCUT2D eigenvalue weighted by Gasteiger charge is -2.27. The van der Waals surface area contributed by atoms with Crippen molar-refractivity contribution in [3.63, 3.8) is 0 Å². The van der Waals surface area contributed by atoms with E-state index in [4.69, 9.17) is 9.73 Å². The van der Waals surface area contributed by atoms with Gasteiger partial charge in [-0.15, -0.1) is 11.3 Å². The molecule has 188 valence electrons. The number of rotatable bonds is 8. The van der Waals surface area contributed by atoms with Crippen LogP contribution < -0.4 is 4.74 Å². The van der Waals surface area contributed by atoms with E-state index in [0.717, 1.165) is 47.5 Å². The molecular formula is C29H32N2O3S2. The highest BCUT2D eigenvalue weighted by Gasteiger charge is 2.25. The van der Waals surface area contributed by atoms with Crippen molar-refractivity contribution >= 4 is 34.2 Å². The summed E-state index contributed by atoms with van der Waals surface area (Å²) < 4.78 is 6.24. The summed E-state index contributed by atoms with van der Waals surface area (Å²) in [7, 11) is 0. The lowest BCUT2D eigenvalue weighted by molar-refractivity contribution is 0.0696. The molecule has 1 N–H and O–H groups in total. The van der Waals surface area contributed by atoms with Crippen molar-refractivity contribution in [3.8, 4) is 5.75 Å². The smallest absolute Gasteiger partial charge is 0.335 e. The third kappa shape index (κ3) is 6.31. The van der Waals surface area contributed by atoms with E-state index >= 15 is 0 Å². The third-order valence-electron chi connectivity index (χ3n) is 6.91. The first kappa shape index (κ1) is 24.9. The Morgan fingerprint density at radius 2 is 1.86 bits per heavy atom. The Labute approximate surface area is 221 Å². The molecule has 1 atom stereocenters. The zero-order valence-corrected chi connectivity index (χ0v) is 22.1. The van der Waals surface area contributed by atoms with Crippen LogP contribution in [0.3, 0.4) is 0 Å². The number of amidine groups is 1. The molecule has 0 amide bonds. The number of hydrogen-bond donors (Lipinski definition) is 1. The van der Waals surface area contributed by atoms with Gasteiger partial charge in [0.05, 0.1) is 24.3 Å². The number of aliphatic imine (C=N–C) groups is 1. The van der Waals surface area contributed by atoms with E-state index in [-0.39, 0.29) is 6.04 Å². The summed E-state index contributed by atoms with van der Waals surface area (Å²) in [6, 6.07) is 20.0. The monoisotopic (exact) mass is 520 g/mol. The van der Waals surface area contributed by atoms with Crippen LogP contribution in [0, 0.1) is 5.92 Å². The van der Waals surface area contributed by atoms with Gasteiger partial charge < -0.3 is 14.7 Å². The summed E-state index contributed by atoms with van der Waals surface area (Å²) in [5, 5.41) is 12.5. The largest absolute Gasteiger partial charge is 0.490 e. The molecule has 2 aromatic carbocycles. The maximum absolute atomic E-state index is 11.5. The highest BCUT2D eigenvalue weighted by molar-refractivity contribution is 8.14. The topological polar surface area (TPSA) is 62.1 Å². The summed E-state index contributed by atoms with van der Waals surface area (Å²) in [5.74, 6) is 1.76. The molecule has 1 fully saturated rings. The fraction of sp³-hybridized carbons (Fsp3) is 0.379. The van der Waals surface area contributed by atoms with Gasteiger partial charge in [0, 0.05) is 17.2 Å². The first-order valence-corrected chi connectivity index (χ1v) is 14.5. The fourth-order valence-corrected chi connectivity index (χ4v) is 6.63. The van der Waals surface area contributed by atoms with Crippen LogP contribution in [0.1, 0.15) is 65.0 Å². The molecule has 5 rings (SSSR count). The maximum atomic E-state index is 11.5. The molecule has 2 heterocycles. The number of thiophene rings is 1. The van der Waals surface area contributed by atoms with E-state index in [9.17, 15) is 9.90 Å². The van der Waals surface area contributed by atoms with Gasteiger partial charge in [-0.2, -0.15) is 0 Å². The molecule has 0 bridgehead atoms. The van der Waals surface area contributed by atoms with Crippen LogP contribution in [0.15, 0.2) is 71.0 Å². The molecular weight excluding hydrogens is 488 g/mol. The maximum Gasteiger partial charge on any atom is 0.335 e. The highest BCUT2D eigenvalue weighted by atomic mass is 32.2. The Morgan fingerprint density at radius 1 is 1.06 bits per heavy atom. The van der Waals surface area contributed by atoms with Crippen LogP contribution in [-0.4, -0.2) is 33.0 Å². The molecule has 1 aliphatic carbocycles. The van der Waals surface area contributed by atoms with Crippen LogP contribution >= 0.6 is 23.1 Å². The minimum absolute atomic E-state index is 0.103. The highest BCUT2D eigenvalue weighted by Crippen LogP contribution is 2.34. The van der Waals surface area contributed by atoms with Crippen molar-refractivity contribution in [1.82, 2.24) is 4.90 Å². The molecule has 3 aromatic rings. The molecule has 1 unspecified atom stereocenters. The number of thioether (sulfide) groups is 1. The van der Waals surface area contributed by atoms with Crippen LogP contribution in [0.2, 0.25) is 0 Å². The number of carbonyl (C=O) groups is 1. The third-order valence-corrected chi connectivity index (χ3v) is 8.88.